The average molecular weight is 695 g/mol. The Morgan fingerprint density at radius 3 is 2.18 bits per heavy atom. The maximum absolute atomic E-state index is 11.8. The van der Waals surface area contributed by atoms with Crippen LogP contribution in [0.25, 0.3) is 10.8 Å². The van der Waals surface area contributed by atoms with Gasteiger partial charge in [-0.2, -0.15) is 17.2 Å². The van der Waals surface area contributed by atoms with E-state index in [1.807, 2.05) is 66.8 Å². The molecule has 0 aliphatic rings. The van der Waals surface area contributed by atoms with Gasteiger partial charge in [0.2, 0.25) is 5.88 Å². The maximum Gasteiger partial charge on any atom is 0.217 e. The fourth-order valence-corrected chi connectivity index (χ4v) is 3.45. The van der Waals surface area contributed by atoms with Crippen molar-refractivity contribution in [2.45, 2.75) is 88.0 Å². The monoisotopic (exact) mass is 695 g/mol. The van der Waals surface area contributed by atoms with Crippen molar-refractivity contribution < 1.29 is 34.7 Å². The number of fused-ring (bicyclic) bond motifs is 1. The molecule has 0 unspecified atom stereocenters. The van der Waals surface area contributed by atoms with E-state index in [0.29, 0.717) is 17.5 Å². The molecule has 209 valence electrons. The van der Waals surface area contributed by atoms with Crippen LogP contribution in [-0.4, -0.2) is 15.9 Å². The molecule has 4 nitrogen and oxygen atoms in total. The summed E-state index contributed by atoms with van der Waals surface area (Å²) in [5.41, 5.74) is 2.87. The predicted octanol–water partition coefficient (Wildman–Crippen LogP) is 9.43. The molecule has 0 aliphatic heterocycles. The van der Waals surface area contributed by atoms with Gasteiger partial charge in [0, 0.05) is 60.4 Å². The molecule has 38 heavy (non-hydrogen) atoms. The summed E-state index contributed by atoms with van der Waals surface area (Å²) in [6.07, 6.45) is 4.85. The van der Waals surface area contributed by atoms with Crippen molar-refractivity contribution in [1.29, 1.82) is 0 Å². The number of carbonyl (C=O) groups excluding carboxylic acids is 1. The molecular formula is C33H44IrNO3-. The number of benzene rings is 2. The van der Waals surface area contributed by atoms with E-state index in [4.69, 9.17) is 4.74 Å². The van der Waals surface area contributed by atoms with Crippen LogP contribution in [0.2, 0.25) is 0 Å². The molecule has 0 amide bonds. The van der Waals surface area contributed by atoms with E-state index in [-0.39, 0.29) is 42.5 Å². The summed E-state index contributed by atoms with van der Waals surface area (Å²) in [4.78, 5) is 16.2. The number of nitrogens with zero attached hydrogens (tertiary/aromatic N) is 1. The molecule has 0 spiro atoms. The summed E-state index contributed by atoms with van der Waals surface area (Å²) >= 11 is 0. The minimum absolute atomic E-state index is 0. The van der Waals surface area contributed by atoms with Gasteiger partial charge >= 0.3 is 0 Å². The summed E-state index contributed by atoms with van der Waals surface area (Å²) in [6, 6.07) is 15.7. The van der Waals surface area contributed by atoms with Crippen LogP contribution in [0, 0.1) is 30.7 Å². The molecule has 5 heteroatoms. The van der Waals surface area contributed by atoms with Crippen LogP contribution in [0.5, 0.6) is 11.6 Å². The number of carbonyl (C=O) groups is 1. The fraction of sp³-hybridized carbons (Fsp3) is 0.455. The first-order valence-electron chi connectivity index (χ1n) is 13.2. The van der Waals surface area contributed by atoms with Crippen LogP contribution in [0.4, 0.5) is 0 Å². The molecule has 1 radical (unpaired) electrons. The van der Waals surface area contributed by atoms with Crippen molar-refractivity contribution in [3.63, 3.8) is 0 Å². The number of ketones is 1. The normalized spacial score (nSPS) is 12.0. The van der Waals surface area contributed by atoms with Gasteiger partial charge in [-0.25, -0.2) is 4.98 Å². The summed E-state index contributed by atoms with van der Waals surface area (Å²) in [5, 5.41) is 12.1. The minimum atomic E-state index is -0.377. The van der Waals surface area contributed by atoms with Gasteiger partial charge in [-0.3, -0.25) is 4.79 Å². The van der Waals surface area contributed by atoms with E-state index < -0.39 is 0 Å². The van der Waals surface area contributed by atoms with Crippen molar-refractivity contribution in [3.05, 3.63) is 77.2 Å². The number of hydrogen-bond donors (Lipinski definition) is 1. The Morgan fingerprint density at radius 1 is 1.00 bits per heavy atom. The van der Waals surface area contributed by atoms with Crippen LogP contribution < -0.4 is 4.74 Å². The first-order valence-corrected chi connectivity index (χ1v) is 13.2. The molecule has 0 atom stereocenters. The SMILES string of the molecule is CCC(C)(C)C(=O)/C=C(\O)C(C)(C)CC.Cc1[c-]c(Oc2cc3cc(C(C)C)ccc3cn2)cc(C)c1.[Ir]. The molecule has 0 saturated carbocycles. The van der Waals surface area contributed by atoms with Crippen LogP contribution >= 0.6 is 0 Å². The second-order valence-electron chi connectivity index (χ2n) is 11.5. The number of ether oxygens (including phenoxy) is 1. The molecule has 0 aliphatic carbocycles. The van der Waals surface area contributed by atoms with Crippen LogP contribution in [-0.2, 0) is 24.9 Å². The Bertz CT molecular complexity index is 1240. The van der Waals surface area contributed by atoms with E-state index in [9.17, 15) is 9.90 Å². The van der Waals surface area contributed by atoms with Crippen LogP contribution in [0.1, 0.15) is 90.8 Å². The average Bonchev–Trinajstić information content (AvgIpc) is 2.83. The van der Waals surface area contributed by atoms with Crippen molar-refractivity contribution >= 4 is 16.6 Å². The molecular weight excluding hydrogens is 651 g/mol. The Kier molecular flexibility index (Phi) is 12.4. The number of rotatable bonds is 8. The van der Waals surface area contributed by atoms with Crippen molar-refractivity contribution in [3.8, 4) is 11.6 Å². The van der Waals surface area contributed by atoms with Gasteiger partial charge in [-0.1, -0.05) is 87.4 Å². The number of hydrogen-bond acceptors (Lipinski definition) is 4. The van der Waals surface area contributed by atoms with Gasteiger partial charge in [-0.05, 0) is 29.7 Å². The van der Waals surface area contributed by atoms with Gasteiger partial charge < -0.3 is 9.84 Å². The Labute approximate surface area is 243 Å². The van der Waals surface area contributed by atoms with Crippen LogP contribution in [0.15, 0.2) is 54.4 Å². The van der Waals surface area contributed by atoms with E-state index in [0.717, 1.165) is 34.7 Å². The number of aliphatic hydroxyl groups is 1. The predicted molar refractivity (Wildman–Crippen MR) is 155 cm³/mol. The summed E-state index contributed by atoms with van der Waals surface area (Å²) in [7, 11) is 0. The Morgan fingerprint density at radius 2 is 1.63 bits per heavy atom. The van der Waals surface area contributed by atoms with E-state index in [2.05, 4.69) is 56.1 Å². The number of aromatic nitrogens is 1. The van der Waals surface area contributed by atoms with Gasteiger partial charge in [-0.15, -0.1) is 12.1 Å². The van der Waals surface area contributed by atoms with Gasteiger partial charge in [0.05, 0.1) is 0 Å². The minimum Gasteiger partial charge on any atom is -0.512 e. The third-order valence-electron chi connectivity index (χ3n) is 7.12. The Balaban J connectivity index is 0.000000401. The summed E-state index contributed by atoms with van der Waals surface area (Å²) < 4.78 is 5.88. The summed E-state index contributed by atoms with van der Waals surface area (Å²) in [5.74, 6) is 2.02. The Hall–Kier alpha value is -2.49. The van der Waals surface area contributed by atoms with E-state index in [1.54, 1.807) is 0 Å². The number of allylic oxidation sites excluding steroid dienone is 2. The third kappa shape index (κ3) is 9.36. The zero-order valence-electron chi connectivity index (χ0n) is 24.7. The van der Waals surface area contributed by atoms with Gasteiger partial charge in [0.1, 0.15) is 5.76 Å². The largest absolute Gasteiger partial charge is 0.512 e. The molecule has 3 aromatic rings. The maximum atomic E-state index is 11.8. The van der Waals surface area contributed by atoms with Crippen molar-refractivity contribution in [1.82, 2.24) is 4.98 Å². The standard InChI is InChI=1S/C20H20NO.C13H24O2.Ir/c1-13(2)16-5-6-17-12-21-20(11-18(17)10-16)22-19-8-14(3)7-15(4)9-19;1-7-12(3,4)10(14)9-11(15)13(5,6)8-2;/h5-8,10-13H,1-4H3;9,14H,7-8H2,1-6H3;/q-1;;/b;10-9-;. The molecule has 2 aromatic carbocycles. The molecule has 1 N–H and O–H groups in total. The molecule has 0 bridgehead atoms. The van der Waals surface area contributed by atoms with Crippen molar-refractivity contribution in [2.75, 3.05) is 0 Å². The molecule has 3 rings (SSSR count). The number of aryl methyl sites for hydroxylation is 2. The zero-order chi connectivity index (χ0) is 28.0. The molecule has 1 aromatic heterocycles. The first-order chi connectivity index (χ1) is 17.2. The van der Waals surface area contributed by atoms with Crippen molar-refractivity contribution in [2.24, 2.45) is 10.8 Å². The third-order valence-corrected chi connectivity index (χ3v) is 7.12. The summed E-state index contributed by atoms with van der Waals surface area (Å²) in [6.45, 7) is 20.1. The van der Waals surface area contributed by atoms with Gasteiger partial charge in [0.25, 0.3) is 0 Å². The quantitative estimate of drug-likeness (QED) is 0.145. The molecule has 0 fully saturated rings. The topological polar surface area (TPSA) is 59.4 Å². The van der Waals surface area contributed by atoms with Gasteiger partial charge in [0.15, 0.2) is 5.78 Å². The number of aliphatic hydroxyl groups excluding tert-OH is 1. The smallest absolute Gasteiger partial charge is 0.217 e. The second-order valence-corrected chi connectivity index (χ2v) is 11.5. The van der Waals surface area contributed by atoms with E-state index >= 15 is 0 Å². The molecule has 1 heterocycles. The fourth-order valence-electron chi connectivity index (χ4n) is 3.45. The molecule has 0 saturated heterocycles. The zero-order valence-corrected chi connectivity index (χ0v) is 27.0. The second kappa shape index (κ2) is 14.1. The van der Waals surface area contributed by atoms with Crippen LogP contribution in [0.3, 0.4) is 0 Å². The number of pyridine rings is 1. The van der Waals surface area contributed by atoms with E-state index in [1.165, 1.54) is 11.6 Å². The first kappa shape index (κ1) is 33.5.